The SMILES string of the molecule is [2H]c1c([2H])c([2H])c(-c2cccc(-c3c([2H])c([2H])c([2H])c([2H])c3[2H])c2-n2c3ccc(-n4c5ccccc5c5ccccc54)cc3c3cc(-n4c5ccccc5c5ccccc54)ccc32)c([2H])c1[2H]. The highest BCUT2D eigenvalue weighted by molar-refractivity contribution is 6.14. The molecule has 0 amide bonds. The van der Waals surface area contributed by atoms with Gasteiger partial charge in [-0.1, -0.05) is 151 Å². The minimum atomic E-state index is -0.547. The average molecular weight is 736 g/mol. The van der Waals surface area contributed by atoms with E-state index in [0.29, 0.717) is 11.0 Å². The zero-order valence-electron chi connectivity index (χ0n) is 40.3. The Bertz CT molecular complexity index is 3700. The molecule has 0 saturated carbocycles. The van der Waals surface area contributed by atoms with Crippen molar-refractivity contribution < 1.29 is 13.7 Å². The largest absolute Gasteiger partial charge is 0.309 e. The molecule has 0 aliphatic carbocycles. The summed E-state index contributed by atoms with van der Waals surface area (Å²) in [7, 11) is 0. The molecule has 266 valence electrons. The Morgan fingerprint density at radius 2 is 0.649 bits per heavy atom. The van der Waals surface area contributed by atoms with Crippen molar-refractivity contribution in [2.24, 2.45) is 0 Å². The van der Waals surface area contributed by atoms with Gasteiger partial charge in [-0.05, 0) is 71.8 Å². The van der Waals surface area contributed by atoms with Gasteiger partial charge in [-0.2, -0.15) is 0 Å². The summed E-state index contributed by atoms with van der Waals surface area (Å²) in [4.78, 5) is 0. The molecule has 12 rings (SSSR count). The van der Waals surface area contributed by atoms with Crippen molar-refractivity contribution in [1.29, 1.82) is 0 Å². The maximum absolute atomic E-state index is 9.21. The van der Waals surface area contributed by atoms with Gasteiger partial charge in [0, 0.05) is 54.8 Å². The van der Waals surface area contributed by atoms with Crippen LogP contribution in [0.1, 0.15) is 13.7 Å². The summed E-state index contributed by atoms with van der Waals surface area (Å²) in [5.41, 5.74) is 7.75. The van der Waals surface area contributed by atoms with Gasteiger partial charge in [-0.15, -0.1) is 0 Å². The minimum Gasteiger partial charge on any atom is -0.309 e. The van der Waals surface area contributed by atoms with Gasteiger partial charge < -0.3 is 13.7 Å². The third kappa shape index (κ3) is 4.73. The van der Waals surface area contributed by atoms with Crippen LogP contribution >= 0.6 is 0 Å². The normalized spacial score (nSPS) is 14.3. The lowest BCUT2D eigenvalue weighted by atomic mass is 9.95. The summed E-state index contributed by atoms with van der Waals surface area (Å²) in [5, 5.41) is 6.05. The van der Waals surface area contributed by atoms with E-state index in [1.54, 1.807) is 18.2 Å². The van der Waals surface area contributed by atoms with Crippen molar-refractivity contribution in [1.82, 2.24) is 13.7 Å². The molecule has 3 heteroatoms. The molecule has 3 aromatic heterocycles. The van der Waals surface area contributed by atoms with Crippen LogP contribution in [-0.4, -0.2) is 13.7 Å². The molecule has 0 saturated heterocycles. The summed E-state index contributed by atoms with van der Waals surface area (Å²) in [6.07, 6.45) is 0. The summed E-state index contributed by atoms with van der Waals surface area (Å²) >= 11 is 0. The van der Waals surface area contributed by atoms with Crippen LogP contribution in [0.2, 0.25) is 0 Å². The molecule has 0 N–H and O–H groups in total. The smallest absolute Gasteiger partial charge is 0.0629 e. The molecule has 0 unspecified atom stereocenters. The fourth-order valence-electron chi connectivity index (χ4n) is 8.88. The lowest BCUT2D eigenvalue weighted by molar-refractivity contribution is 1.16. The van der Waals surface area contributed by atoms with E-state index in [1.165, 1.54) is 0 Å². The highest BCUT2D eigenvalue weighted by Crippen LogP contribution is 2.43. The van der Waals surface area contributed by atoms with E-state index >= 15 is 0 Å². The number of para-hydroxylation sites is 5. The summed E-state index contributed by atoms with van der Waals surface area (Å²) in [6.45, 7) is 0. The van der Waals surface area contributed by atoms with Gasteiger partial charge in [0.25, 0.3) is 0 Å². The Hall–Kier alpha value is -7.62. The third-order valence-electron chi connectivity index (χ3n) is 11.2. The second kappa shape index (κ2) is 12.5. The third-order valence-corrected chi connectivity index (χ3v) is 11.2. The van der Waals surface area contributed by atoms with Crippen molar-refractivity contribution >= 4 is 65.4 Å². The van der Waals surface area contributed by atoms with Crippen LogP contribution in [0.25, 0.3) is 105 Å². The topological polar surface area (TPSA) is 14.8 Å². The van der Waals surface area contributed by atoms with Crippen LogP contribution in [0.15, 0.2) is 212 Å². The van der Waals surface area contributed by atoms with E-state index in [0.717, 1.165) is 65.8 Å². The molecule has 0 aliphatic rings. The van der Waals surface area contributed by atoms with E-state index in [2.05, 4.69) is 69.8 Å². The van der Waals surface area contributed by atoms with Gasteiger partial charge in [0.15, 0.2) is 0 Å². The predicted octanol–water partition coefficient (Wildman–Crippen LogP) is 14.3. The number of hydrogen-bond donors (Lipinski definition) is 0. The summed E-state index contributed by atoms with van der Waals surface area (Å²) in [5.74, 6) is 0. The molecule has 3 nitrogen and oxygen atoms in total. The minimum absolute atomic E-state index is 0.0889. The first kappa shape index (κ1) is 23.3. The number of nitrogens with zero attached hydrogens (tertiary/aromatic N) is 3. The fourth-order valence-corrected chi connectivity index (χ4v) is 8.88. The predicted molar refractivity (Wildman–Crippen MR) is 240 cm³/mol. The highest BCUT2D eigenvalue weighted by atomic mass is 15.0. The number of aromatic nitrogens is 3. The number of rotatable bonds is 5. The lowest BCUT2D eigenvalue weighted by Crippen LogP contribution is -2.01. The zero-order valence-corrected chi connectivity index (χ0v) is 30.3. The molecule has 57 heavy (non-hydrogen) atoms. The van der Waals surface area contributed by atoms with Gasteiger partial charge in [0.2, 0.25) is 0 Å². The van der Waals surface area contributed by atoms with Gasteiger partial charge in [-0.3, -0.25) is 0 Å². The molecule has 0 aliphatic heterocycles. The first-order chi connectivity index (χ1) is 32.5. The first-order valence-electron chi connectivity index (χ1n) is 23.8. The van der Waals surface area contributed by atoms with Crippen molar-refractivity contribution in [3.63, 3.8) is 0 Å². The maximum Gasteiger partial charge on any atom is 0.0629 e. The van der Waals surface area contributed by atoms with Gasteiger partial charge in [0.05, 0.1) is 52.5 Å². The van der Waals surface area contributed by atoms with Crippen LogP contribution < -0.4 is 0 Å². The molecule has 0 spiro atoms. The van der Waals surface area contributed by atoms with Crippen LogP contribution in [0.4, 0.5) is 0 Å². The van der Waals surface area contributed by atoms with E-state index in [9.17, 15) is 5.48 Å². The molecule has 9 aromatic carbocycles. The quantitative estimate of drug-likeness (QED) is 0.167. The Balaban J connectivity index is 1.26. The molecule has 0 fully saturated rings. The first-order valence-corrected chi connectivity index (χ1v) is 18.8. The molecular formula is C54H35N3. The van der Waals surface area contributed by atoms with Crippen LogP contribution in [0.5, 0.6) is 0 Å². The van der Waals surface area contributed by atoms with Gasteiger partial charge in [-0.25, -0.2) is 0 Å². The number of fused-ring (bicyclic) bond motifs is 9. The van der Waals surface area contributed by atoms with Crippen molar-refractivity contribution in [3.8, 4) is 39.3 Å². The van der Waals surface area contributed by atoms with Gasteiger partial charge in [0.1, 0.15) is 0 Å². The van der Waals surface area contributed by atoms with Crippen molar-refractivity contribution in [3.05, 3.63) is 212 Å². The molecule has 0 radical (unpaired) electrons. The van der Waals surface area contributed by atoms with Gasteiger partial charge >= 0.3 is 0 Å². The maximum atomic E-state index is 9.21. The van der Waals surface area contributed by atoms with E-state index < -0.39 is 60.4 Å². The number of hydrogen-bond acceptors (Lipinski definition) is 0. The lowest BCUT2D eigenvalue weighted by Gasteiger charge is -2.19. The molecule has 12 aromatic rings. The van der Waals surface area contributed by atoms with Crippen LogP contribution in [-0.2, 0) is 0 Å². The second-order valence-corrected chi connectivity index (χ2v) is 14.2. The standard InChI is InChI=1S/C54H35N3/c1-3-16-36(17-4-1)40-24-15-25-41(37-18-5-2-6-19-37)54(40)57-52-32-30-38(55-48-26-11-7-20-42(48)43-21-8-12-27-49(43)55)34-46(52)47-35-39(31-33-53(47)57)56-50-28-13-9-22-44(50)45-23-10-14-29-51(45)56/h1-35H/i1D,2D,3D,4D,5D,6D,16D,17D,18D,19D. The van der Waals surface area contributed by atoms with E-state index in [4.69, 9.17) is 8.22 Å². The molecule has 0 bridgehead atoms. The summed E-state index contributed by atoms with van der Waals surface area (Å²) < 4.78 is 95.1. The van der Waals surface area contributed by atoms with Crippen LogP contribution in [0.3, 0.4) is 0 Å². The Kier molecular flexibility index (Phi) is 5.10. The van der Waals surface area contributed by atoms with Crippen molar-refractivity contribution in [2.45, 2.75) is 0 Å². The van der Waals surface area contributed by atoms with E-state index in [-0.39, 0.29) is 27.9 Å². The van der Waals surface area contributed by atoms with Crippen molar-refractivity contribution in [2.75, 3.05) is 0 Å². The van der Waals surface area contributed by atoms with Crippen LogP contribution in [0, 0.1) is 0 Å². The zero-order chi connectivity index (χ0) is 46.2. The number of benzene rings is 9. The Labute approximate surface area is 343 Å². The highest BCUT2D eigenvalue weighted by Gasteiger charge is 2.22. The molecule has 0 atom stereocenters. The Morgan fingerprint density at radius 3 is 1.04 bits per heavy atom. The second-order valence-electron chi connectivity index (χ2n) is 14.2. The molecular weight excluding hydrogens is 691 g/mol. The molecule has 3 heterocycles. The fraction of sp³-hybridized carbons (Fsp3) is 0. The monoisotopic (exact) mass is 735 g/mol. The average Bonchev–Trinajstić information content (AvgIpc) is 3.99. The Morgan fingerprint density at radius 1 is 0.298 bits per heavy atom. The van der Waals surface area contributed by atoms with E-state index in [1.807, 2.05) is 77.4 Å². The summed E-state index contributed by atoms with van der Waals surface area (Å²) in [6, 6.07) is 45.5.